The molecule has 0 amide bonds. The van der Waals surface area contributed by atoms with Gasteiger partial charge in [-0.2, -0.15) is 0 Å². The molecule has 114 valence electrons. The Hall–Kier alpha value is -1.89. The lowest BCUT2D eigenvalue weighted by Crippen LogP contribution is -2.23. The quantitative estimate of drug-likeness (QED) is 0.596. The highest BCUT2D eigenvalue weighted by molar-refractivity contribution is 5.83. The summed E-state index contributed by atoms with van der Waals surface area (Å²) in [5.74, 6) is 7.06. The van der Waals surface area contributed by atoms with Gasteiger partial charge < -0.3 is 14.9 Å². The molecule has 0 aliphatic carbocycles. The third-order valence-corrected chi connectivity index (χ3v) is 3.36. The van der Waals surface area contributed by atoms with Gasteiger partial charge in [-0.15, -0.1) is 0 Å². The van der Waals surface area contributed by atoms with E-state index in [-0.39, 0.29) is 0 Å². The number of nitrogens with zero attached hydrogens (tertiary/aromatic N) is 2. The fraction of sp³-hybridized carbons (Fsp3) is 0.400. The van der Waals surface area contributed by atoms with Gasteiger partial charge in [0.25, 0.3) is 0 Å². The first-order chi connectivity index (χ1) is 10.2. The first-order valence-corrected chi connectivity index (χ1v) is 6.79. The number of nitrogens with two attached hydrogens (primary N) is 1. The number of pyridine rings is 1. The smallest absolute Gasteiger partial charge is 0.145 e. The first-order valence-electron chi connectivity index (χ1n) is 6.79. The molecule has 2 rings (SSSR count). The number of hydrogen-bond acceptors (Lipinski definition) is 6. The molecule has 0 radical (unpaired) electrons. The molecule has 3 N–H and O–H groups in total. The molecule has 1 aromatic heterocycles. The van der Waals surface area contributed by atoms with Gasteiger partial charge in [0.05, 0.1) is 19.2 Å². The Morgan fingerprint density at radius 2 is 2.10 bits per heavy atom. The van der Waals surface area contributed by atoms with E-state index in [0.717, 1.165) is 35.3 Å². The molecule has 0 spiro atoms. The van der Waals surface area contributed by atoms with Crippen LogP contribution in [0.15, 0.2) is 24.3 Å². The van der Waals surface area contributed by atoms with Gasteiger partial charge in [-0.05, 0) is 25.2 Å². The van der Waals surface area contributed by atoms with E-state index < -0.39 is 0 Å². The van der Waals surface area contributed by atoms with E-state index >= 15 is 0 Å². The highest BCUT2D eigenvalue weighted by atomic mass is 16.5. The van der Waals surface area contributed by atoms with Crippen LogP contribution in [0.5, 0.6) is 5.75 Å². The summed E-state index contributed by atoms with van der Waals surface area (Å²) >= 11 is 0. The van der Waals surface area contributed by atoms with Crippen molar-refractivity contribution in [2.75, 3.05) is 39.8 Å². The van der Waals surface area contributed by atoms with Crippen molar-refractivity contribution < 1.29 is 9.47 Å². The number of methoxy groups -OCH3 is 2. The van der Waals surface area contributed by atoms with Gasteiger partial charge in [0.2, 0.25) is 0 Å². The van der Waals surface area contributed by atoms with Crippen LogP contribution in [-0.4, -0.2) is 44.3 Å². The van der Waals surface area contributed by atoms with Crippen molar-refractivity contribution in [2.45, 2.75) is 6.54 Å². The van der Waals surface area contributed by atoms with Crippen molar-refractivity contribution in [1.82, 2.24) is 9.88 Å². The van der Waals surface area contributed by atoms with Crippen LogP contribution in [0.1, 0.15) is 5.56 Å². The summed E-state index contributed by atoms with van der Waals surface area (Å²) in [7, 11) is 5.38. The van der Waals surface area contributed by atoms with E-state index in [2.05, 4.69) is 21.4 Å². The fourth-order valence-electron chi connectivity index (χ4n) is 2.18. The summed E-state index contributed by atoms with van der Waals surface area (Å²) < 4.78 is 10.3. The van der Waals surface area contributed by atoms with Crippen molar-refractivity contribution in [3.63, 3.8) is 0 Å². The van der Waals surface area contributed by atoms with Gasteiger partial charge >= 0.3 is 0 Å². The van der Waals surface area contributed by atoms with Crippen molar-refractivity contribution in [1.29, 1.82) is 0 Å². The van der Waals surface area contributed by atoms with Gasteiger partial charge in [-0.3, -0.25) is 4.90 Å². The molecule has 1 heterocycles. The van der Waals surface area contributed by atoms with E-state index in [1.807, 2.05) is 25.2 Å². The Bertz CT molecular complexity index is 603. The van der Waals surface area contributed by atoms with Gasteiger partial charge in [0.15, 0.2) is 0 Å². The van der Waals surface area contributed by atoms with E-state index in [4.69, 9.17) is 15.3 Å². The summed E-state index contributed by atoms with van der Waals surface area (Å²) in [6, 6.07) is 7.92. The van der Waals surface area contributed by atoms with Crippen molar-refractivity contribution in [3.8, 4) is 5.75 Å². The van der Waals surface area contributed by atoms with E-state index in [1.165, 1.54) is 0 Å². The maximum absolute atomic E-state index is 5.60. The predicted octanol–water partition coefficient (Wildman–Crippen LogP) is 1.61. The van der Waals surface area contributed by atoms with Crippen LogP contribution < -0.4 is 16.0 Å². The summed E-state index contributed by atoms with van der Waals surface area (Å²) in [5, 5.41) is 1.06. The lowest BCUT2D eigenvalue weighted by atomic mass is 10.1. The van der Waals surface area contributed by atoms with Gasteiger partial charge in [-0.1, -0.05) is 0 Å². The maximum atomic E-state index is 5.60. The molecule has 1 aromatic carbocycles. The number of ether oxygens (including phenoxy) is 2. The van der Waals surface area contributed by atoms with Crippen molar-refractivity contribution in [2.24, 2.45) is 5.84 Å². The van der Waals surface area contributed by atoms with Gasteiger partial charge in [-0.25, -0.2) is 10.8 Å². The lowest BCUT2D eigenvalue weighted by Gasteiger charge is -2.18. The van der Waals surface area contributed by atoms with Crippen LogP contribution in [-0.2, 0) is 11.3 Å². The topological polar surface area (TPSA) is 72.6 Å². The third kappa shape index (κ3) is 3.81. The third-order valence-electron chi connectivity index (χ3n) is 3.36. The second kappa shape index (κ2) is 7.21. The monoisotopic (exact) mass is 290 g/mol. The Balaban J connectivity index is 2.30. The molecule has 0 unspecified atom stereocenters. The Morgan fingerprint density at radius 3 is 2.76 bits per heavy atom. The van der Waals surface area contributed by atoms with E-state index in [1.54, 1.807) is 14.2 Å². The molecule has 0 saturated carbocycles. The van der Waals surface area contributed by atoms with Crippen LogP contribution >= 0.6 is 0 Å². The number of hydrazine groups is 1. The Kier molecular flexibility index (Phi) is 5.32. The molecular formula is C15H22N4O2. The van der Waals surface area contributed by atoms with Crippen LogP contribution in [0, 0.1) is 0 Å². The zero-order chi connectivity index (χ0) is 15.2. The molecule has 6 nitrogen and oxygen atoms in total. The van der Waals surface area contributed by atoms with Crippen LogP contribution in [0.25, 0.3) is 10.9 Å². The lowest BCUT2D eigenvalue weighted by molar-refractivity contribution is 0.158. The average molecular weight is 290 g/mol. The number of nitrogens with one attached hydrogen (secondary N) is 1. The largest absolute Gasteiger partial charge is 0.497 e. The second-order valence-electron chi connectivity index (χ2n) is 4.93. The molecular weight excluding hydrogens is 268 g/mol. The summed E-state index contributed by atoms with van der Waals surface area (Å²) in [6.45, 7) is 2.29. The average Bonchev–Trinajstić information content (AvgIpc) is 2.51. The van der Waals surface area contributed by atoms with Crippen LogP contribution in [0.3, 0.4) is 0 Å². The normalized spacial score (nSPS) is 11.1. The van der Waals surface area contributed by atoms with Gasteiger partial charge in [0, 0.05) is 37.2 Å². The second-order valence-corrected chi connectivity index (χ2v) is 4.93. The number of aromatic nitrogens is 1. The van der Waals surface area contributed by atoms with Crippen molar-refractivity contribution >= 4 is 16.7 Å². The van der Waals surface area contributed by atoms with E-state index in [0.29, 0.717) is 12.4 Å². The van der Waals surface area contributed by atoms with Gasteiger partial charge in [0.1, 0.15) is 11.6 Å². The van der Waals surface area contributed by atoms with Crippen LogP contribution in [0.2, 0.25) is 0 Å². The molecule has 0 aliphatic rings. The predicted molar refractivity (Wildman–Crippen MR) is 84.3 cm³/mol. The minimum Gasteiger partial charge on any atom is -0.497 e. The fourth-order valence-corrected chi connectivity index (χ4v) is 2.18. The molecule has 21 heavy (non-hydrogen) atoms. The standard InChI is InChI=1S/C15H22N4O2/c1-19(6-7-20-2)10-12-8-11-4-5-13(21-3)9-14(11)17-15(12)18-16/h4-5,8-9H,6-7,10,16H2,1-3H3,(H,17,18). The number of likely N-dealkylation sites (N-methyl/N-ethyl adjacent to an activating group) is 1. The molecule has 0 fully saturated rings. The number of anilines is 1. The Morgan fingerprint density at radius 1 is 1.29 bits per heavy atom. The number of fused-ring (bicyclic) bond motifs is 1. The highest BCUT2D eigenvalue weighted by Crippen LogP contribution is 2.24. The number of benzene rings is 1. The number of nitrogen functional groups attached to an aromatic ring is 1. The summed E-state index contributed by atoms with van der Waals surface area (Å²) in [6.07, 6.45) is 0. The zero-order valence-corrected chi connectivity index (χ0v) is 12.7. The highest BCUT2D eigenvalue weighted by Gasteiger charge is 2.09. The minimum absolute atomic E-state index is 0.681. The zero-order valence-electron chi connectivity index (χ0n) is 12.7. The van der Waals surface area contributed by atoms with E-state index in [9.17, 15) is 0 Å². The first kappa shape index (κ1) is 15.5. The van der Waals surface area contributed by atoms with Crippen molar-refractivity contribution in [3.05, 3.63) is 29.8 Å². The number of hydrogen-bond donors (Lipinski definition) is 2. The molecule has 6 heteroatoms. The SMILES string of the molecule is COCCN(C)Cc1cc2ccc(OC)cc2nc1NN. The number of rotatable bonds is 7. The summed E-state index contributed by atoms with van der Waals surface area (Å²) in [5.41, 5.74) is 4.58. The minimum atomic E-state index is 0.681. The maximum Gasteiger partial charge on any atom is 0.145 e. The molecule has 0 atom stereocenters. The Labute approximate surface area is 124 Å². The molecule has 0 bridgehead atoms. The molecule has 2 aromatic rings. The van der Waals surface area contributed by atoms with Crippen LogP contribution in [0.4, 0.5) is 5.82 Å². The molecule has 0 aliphatic heterocycles. The summed E-state index contributed by atoms with van der Waals surface area (Å²) in [4.78, 5) is 6.72. The molecule has 0 saturated heterocycles.